The Balaban J connectivity index is 1.75. The fourth-order valence-electron chi connectivity index (χ4n) is 2.14. The van der Waals surface area contributed by atoms with E-state index in [0.29, 0.717) is 10.7 Å². The van der Waals surface area contributed by atoms with Gasteiger partial charge in [0.05, 0.1) is 16.6 Å². The Morgan fingerprint density at radius 1 is 1.29 bits per heavy atom. The van der Waals surface area contributed by atoms with E-state index in [1.807, 2.05) is 25.1 Å². The van der Waals surface area contributed by atoms with Gasteiger partial charge in [0.15, 0.2) is 5.13 Å². The Morgan fingerprint density at radius 3 is 2.86 bits per heavy atom. The first-order chi connectivity index (χ1) is 10.1. The van der Waals surface area contributed by atoms with E-state index in [-0.39, 0.29) is 18.1 Å². The van der Waals surface area contributed by atoms with Crippen molar-refractivity contribution in [3.63, 3.8) is 0 Å². The topological polar surface area (TPSA) is 42.0 Å². The van der Waals surface area contributed by atoms with Gasteiger partial charge in [-0.05, 0) is 36.2 Å². The second-order valence-electron chi connectivity index (χ2n) is 4.80. The monoisotopic (exact) mass is 300 g/mol. The minimum Gasteiger partial charge on any atom is -0.302 e. The van der Waals surface area contributed by atoms with Crippen molar-refractivity contribution in [2.75, 3.05) is 5.32 Å². The Hall–Kier alpha value is -2.27. The molecule has 1 aromatic heterocycles. The van der Waals surface area contributed by atoms with Gasteiger partial charge in [0, 0.05) is 0 Å². The molecule has 1 heterocycles. The lowest BCUT2D eigenvalue weighted by Gasteiger charge is -2.01. The van der Waals surface area contributed by atoms with Gasteiger partial charge in [-0.1, -0.05) is 35.6 Å². The zero-order valence-electron chi connectivity index (χ0n) is 11.4. The maximum absolute atomic E-state index is 13.1. The third-order valence-corrected chi connectivity index (χ3v) is 4.06. The molecule has 2 aromatic carbocycles. The van der Waals surface area contributed by atoms with Crippen molar-refractivity contribution in [1.29, 1.82) is 0 Å². The number of aromatic nitrogens is 1. The Bertz CT molecular complexity index is 813. The van der Waals surface area contributed by atoms with Crippen LogP contribution in [0.25, 0.3) is 10.2 Å². The lowest BCUT2D eigenvalue weighted by molar-refractivity contribution is -0.115. The summed E-state index contributed by atoms with van der Waals surface area (Å²) in [6.45, 7) is 1.99. The van der Waals surface area contributed by atoms with Crippen LogP contribution in [0.15, 0.2) is 42.5 Å². The van der Waals surface area contributed by atoms with E-state index >= 15 is 0 Å². The van der Waals surface area contributed by atoms with Crippen LogP contribution < -0.4 is 5.32 Å². The zero-order valence-corrected chi connectivity index (χ0v) is 12.2. The van der Waals surface area contributed by atoms with Gasteiger partial charge in [-0.25, -0.2) is 9.37 Å². The largest absolute Gasteiger partial charge is 0.302 e. The number of carbonyl (C=O) groups is 1. The first kappa shape index (κ1) is 13.7. The van der Waals surface area contributed by atoms with Crippen LogP contribution in [0.3, 0.4) is 0 Å². The summed E-state index contributed by atoms with van der Waals surface area (Å²) >= 11 is 1.44. The smallest absolute Gasteiger partial charge is 0.230 e. The van der Waals surface area contributed by atoms with E-state index in [1.165, 1.54) is 23.5 Å². The molecule has 0 unspecified atom stereocenters. The molecule has 0 bridgehead atoms. The molecule has 0 spiro atoms. The zero-order chi connectivity index (χ0) is 14.8. The molecule has 1 amide bonds. The number of aryl methyl sites for hydroxylation is 1. The van der Waals surface area contributed by atoms with Gasteiger partial charge in [0.1, 0.15) is 5.82 Å². The van der Waals surface area contributed by atoms with Crippen molar-refractivity contribution in [2.45, 2.75) is 13.3 Å². The van der Waals surface area contributed by atoms with Gasteiger partial charge >= 0.3 is 0 Å². The number of benzene rings is 2. The minimum atomic E-state index is -0.337. The summed E-state index contributed by atoms with van der Waals surface area (Å²) in [5.41, 5.74) is 2.63. The highest BCUT2D eigenvalue weighted by Gasteiger charge is 2.10. The lowest BCUT2D eigenvalue weighted by Crippen LogP contribution is -2.14. The SMILES string of the molecule is Cc1cccc2sc(NC(=O)Cc3cccc(F)c3)nc12. The fourth-order valence-corrected chi connectivity index (χ4v) is 3.10. The first-order valence-corrected chi connectivity index (χ1v) is 7.34. The van der Waals surface area contributed by atoms with Gasteiger partial charge < -0.3 is 5.32 Å². The van der Waals surface area contributed by atoms with Crippen LogP contribution in [-0.4, -0.2) is 10.9 Å². The quantitative estimate of drug-likeness (QED) is 0.796. The summed E-state index contributed by atoms with van der Waals surface area (Å²) in [4.78, 5) is 16.4. The van der Waals surface area contributed by atoms with E-state index in [1.54, 1.807) is 12.1 Å². The number of para-hydroxylation sites is 1. The fraction of sp³-hybridized carbons (Fsp3) is 0.125. The molecule has 3 nitrogen and oxygen atoms in total. The van der Waals surface area contributed by atoms with Gasteiger partial charge in [0.2, 0.25) is 5.91 Å². The number of rotatable bonds is 3. The van der Waals surface area contributed by atoms with Gasteiger partial charge in [-0.3, -0.25) is 4.79 Å². The first-order valence-electron chi connectivity index (χ1n) is 6.52. The van der Waals surface area contributed by atoms with Crippen LogP contribution in [0.1, 0.15) is 11.1 Å². The highest BCUT2D eigenvalue weighted by atomic mass is 32.1. The highest BCUT2D eigenvalue weighted by Crippen LogP contribution is 2.27. The lowest BCUT2D eigenvalue weighted by atomic mass is 10.1. The predicted octanol–water partition coefficient (Wildman–Crippen LogP) is 3.93. The third kappa shape index (κ3) is 3.08. The Morgan fingerprint density at radius 2 is 2.10 bits per heavy atom. The second-order valence-corrected chi connectivity index (χ2v) is 5.83. The second kappa shape index (κ2) is 5.61. The van der Waals surface area contributed by atoms with Gasteiger partial charge in [-0.2, -0.15) is 0 Å². The minimum absolute atomic E-state index is 0.132. The number of nitrogens with zero attached hydrogens (tertiary/aromatic N) is 1. The number of halogens is 1. The van der Waals surface area contributed by atoms with Crippen LogP contribution in [0, 0.1) is 12.7 Å². The third-order valence-electron chi connectivity index (χ3n) is 3.12. The molecule has 106 valence electrons. The highest BCUT2D eigenvalue weighted by molar-refractivity contribution is 7.22. The average molecular weight is 300 g/mol. The van der Waals surface area contributed by atoms with Crippen molar-refractivity contribution in [3.8, 4) is 0 Å². The summed E-state index contributed by atoms with van der Waals surface area (Å²) < 4.78 is 14.1. The van der Waals surface area contributed by atoms with Crippen molar-refractivity contribution >= 4 is 32.6 Å². The number of amides is 1. The molecule has 0 radical (unpaired) electrons. The molecule has 0 atom stereocenters. The summed E-state index contributed by atoms with van der Waals surface area (Å²) in [6, 6.07) is 12.0. The molecule has 0 aliphatic heterocycles. The van der Waals surface area contributed by atoms with E-state index in [0.717, 1.165) is 15.8 Å². The molecule has 3 aromatic rings. The number of hydrogen-bond donors (Lipinski definition) is 1. The molecule has 0 fully saturated rings. The molecule has 3 rings (SSSR count). The maximum atomic E-state index is 13.1. The number of carbonyl (C=O) groups excluding carboxylic acids is 1. The van der Waals surface area contributed by atoms with Crippen molar-refractivity contribution in [3.05, 3.63) is 59.4 Å². The van der Waals surface area contributed by atoms with Crippen LogP contribution in [0.5, 0.6) is 0 Å². The van der Waals surface area contributed by atoms with E-state index in [9.17, 15) is 9.18 Å². The van der Waals surface area contributed by atoms with Crippen LogP contribution in [-0.2, 0) is 11.2 Å². The van der Waals surface area contributed by atoms with Crippen LogP contribution in [0.4, 0.5) is 9.52 Å². The normalized spacial score (nSPS) is 10.8. The van der Waals surface area contributed by atoms with Crippen molar-refractivity contribution in [2.24, 2.45) is 0 Å². The molecular weight excluding hydrogens is 287 g/mol. The summed E-state index contributed by atoms with van der Waals surface area (Å²) in [7, 11) is 0. The molecule has 21 heavy (non-hydrogen) atoms. The standard InChI is InChI=1S/C16H13FN2OS/c1-10-4-2-7-13-15(10)19-16(21-13)18-14(20)9-11-5-3-6-12(17)8-11/h2-8H,9H2,1H3,(H,18,19,20). The van der Waals surface area contributed by atoms with Crippen molar-refractivity contribution in [1.82, 2.24) is 4.98 Å². The molecule has 0 saturated heterocycles. The average Bonchev–Trinajstić information content (AvgIpc) is 2.82. The molecule has 0 aliphatic carbocycles. The Labute approximate surface area is 125 Å². The maximum Gasteiger partial charge on any atom is 0.230 e. The van der Waals surface area contributed by atoms with E-state index in [2.05, 4.69) is 10.3 Å². The predicted molar refractivity (Wildman–Crippen MR) is 83.1 cm³/mol. The Kier molecular flexibility index (Phi) is 3.66. The number of nitrogens with one attached hydrogen (secondary N) is 1. The van der Waals surface area contributed by atoms with Crippen LogP contribution >= 0.6 is 11.3 Å². The summed E-state index contributed by atoms with van der Waals surface area (Å²) in [5, 5.41) is 3.34. The molecule has 5 heteroatoms. The van der Waals surface area contributed by atoms with Crippen molar-refractivity contribution < 1.29 is 9.18 Å². The number of hydrogen-bond acceptors (Lipinski definition) is 3. The van der Waals surface area contributed by atoms with E-state index < -0.39 is 0 Å². The van der Waals surface area contributed by atoms with Crippen LogP contribution in [0.2, 0.25) is 0 Å². The molecule has 0 saturated carbocycles. The number of fused-ring (bicyclic) bond motifs is 1. The van der Waals surface area contributed by atoms with Gasteiger partial charge in [0.25, 0.3) is 0 Å². The summed E-state index contributed by atoms with van der Waals surface area (Å²) in [6.07, 6.45) is 0.132. The number of thiazole rings is 1. The molecule has 0 aliphatic rings. The van der Waals surface area contributed by atoms with E-state index in [4.69, 9.17) is 0 Å². The molecular formula is C16H13FN2OS. The summed E-state index contributed by atoms with van der Waals surface area (Å²) in [5.74, 6) is -0.534. The number of anilines is 1. The molecule has 1 N–H and O–H groups in total. The van der Waals surface area contributed by atoms with Gasteiger partial charge in [-0.15, -0.1) is 0 Å².